The number of carbonyl (C=O) groups is 1. The molecular weight excluding hydrogens is 405 g/mol. The van der Waals surface area contributed by atoms with Crippen molar-refractivity contribution in [3.8, 4) is 11.1 Å². The highest BCUT2D eigenvalue weighted by molar-refractivity contribution is 6.05. The lowest BCUT2D eigenvalue weighted by molar-refractivity contribution is -0.137. The summed E-state index contributed by atoms with van der Waals surface area (Å²) < 4.78 is 38.8. The lowest BCUT2D eigenvalue weighted by atomic mass is 9.96. The maximum atomic E-state index is 12.9. The van der Waals surface area contributed by atoms with Crippen LogP contribution in [0.3, 0.4) is 0 Å². The minimum absolute atomic E-state index is 0.0672. The Hall–Kier alpha value is -3.94. The molecule has 0 radical (unpaired) electrons. The van der Waals surface area contributed by atoms with Crippen LogP contribution in [0.5, 0.6) is 0 Å². The number of anilines is 2. The summed E-state index contributed by atoms with van der Waals surface area (Å²) in [6.07, 6.45) is -3.10. The standard InChI is InChI=1S/C23H17F3N4O/c1-13-5-6-15(22(31)30-17-4-2-3-16(11-17)23(24,25)26)10-18(13)14-7-8-20-19(9-14)21(27)29-12-28-20/h2-12H,1H3,(H,30,31)(H2,27,28,29). The number of nitrogens with two attached hydrogens (primary N) is 1. The molecule has 3 aromatic carbocycles. The van der Waals surface area contributed by atoms with Gasteiger partial charge < -0.3 is 11.1 Å². The zero-order valence-electron chi connectivity index (χ0n) is 16.4. The summed E-state index contributed by atoms with van der Waals surface area (Å²) in [6.45, 7) is 1.90. The van der Waals surface area contributed by atoms with E-state index in [4.69, 9.17) is 5.73 Å². The number of rotatable bonds is 3. The van der Waals surface area contributed by atoms with Crippen molar-refractivity contribution in [1.82, 2.24) is 9.97 Å². The number of hydrogen-bond donors (Lipinski definition) is 2. The van der Waals surface area contributed by atoms with Crippen LogP contribution in [0.2, 0.25) is 0 Å². The summed E-state index contributed by atoms with van der Waals surface area (Å²) in [5, 5.41) is 3.22. The van der Waals surface area contributed by atoms with Crippen molar-refractivity contribution >= 4 is 28.3 Å². The Bertz CT molecular complexity index is 1300. The number of nitrogen functional groups attached to an aromatic ring is 1. The van der Waals surface area contributed by atoms with Crippen LogP contribution in [0.25, 0.3) is 22.0 Å². The SMILES string of the molecule is Cc1ccc(C(=O)Nc2cccc(C(F)(F)F)c2)cc1-c1ccc2ncnc(N)c2c1. The molecule has 31 heavy (non-hydrogen) atoms. The van der Waals surface area contributed by atoms with Crippen molar-refractivity contribution in [2.75, 3.05) is 11.1 Å². The summed E-state index contributed by atoms with van der Waals surface area (Å²) in [5.74, 6) is -0.160. The fraction of sp³-hybridized carbons (Fsp3) is 0.0870. The molecule has 0 fully saturated rings. The predicted molar refractivity (Wildman–Crippen MR) is 114 cm³/mol. The Labute approximate surface area is 175 Å². The Morgan fingerprint density at radius 1 is 1.00 bits per heavy atom. The van der Waals surface area contributed by atoms with Crippen LogP contribution >= 0.6 is 0 Å². The molecule has 1 heterocycles. The molecule has 0 aliphatic carbocycles. The van der Waals surface area contributed by atoms with E-state index in [1.807, 2.05) is 25.1 Å². The zero-order chi connectivity index (χ0) is 22.2. The van der Waals surface area contributed by atoms with E-state index >= 15 is 0 Å². The van der Waals surface area contributed by atoms with E-state index in [0.29, 0.717) is 22.3 Å². The Morgan fingerprint density at radius 2 is 1.81 bits per heavy atom. The number of benzene rings is 3. The summed E-state index contributed by atoms with van der Waals surface area (Å²) in [7, 11) is 0. The predicted octanol–water partition coefficient (Wildman–Crippen LogP) is 5.46. The van der Waals surface area contributed by atoms with E-state index in [2.05, 4.69) is 15.3 Å². The average Bonchev–Trinajstić information content (AvgIpc) is 2.74. The van der Waals surface area contributed by atoms with Crippen LogP contribution in [0.15, 0.2) is 67.0 Å². The maximum Gasteiger partial charge on any atom is 0.416 e. The molecule has 0 saturated heterocycles. The summed E-state index contributed by atoms with van der Waals surface area (Å²) in [5.41, 5.74) is 8.74. The van der Waals surface area contributed by atoms with Crippen molar-refractivity contribution in [3.63, 3.8) is 0 Å². The normalized spacial score (nSPS) is 11.5. The van der Waals surface area contributed by atoms with Crippen LogP contribution in [-0.4, -0.2) is 15.9 Å². The van der Waals surface area contributed by atoms with Gasteiger partial charge in [0.15, 0.2) is 0 Å². The lowest BCUT2D eigenvalue weighted by Crippen LogP contribution is -2.13. The van der Waals surface area contributed by atoms with E-state index in [1.165, 1.54) is 18.5 Å². The first kappa shape index (κ1) is 20.3. The second-order valence-corrected chi connectivity index (χ2v) is 7.05. The molecule has 1 aromatic heterocycles. The number of hydrogen-bond acceptors (Lipinski definition) is 4. The van der Waals surface area contributed by atoms with Gasteiger partial charge in [0.2, 0.25) is 0 Å². The molecule has 4 rings (SSSR count). The molecule has 0 atom stereocenters. The molecule has 5 nitrogen and oxygen atoms in total. The van der Waals surface area contributed by atoms with Crippen molar-refractivity contribution in [3.05, 3.63) is 83.7 Å². The Kier molecular flexibility index (Phi) is 5.06. The maximum absolute atomic E-state index is 12.9. The van der Waals surface area contributed by atoms with Crippen LogP contribution in [0.4, 0.5) is 24.7 Å². The van der Waals surface area contributed by atoms with Gasteiger partial charge in [-0.15, -0.1) is 0 Å². The van der Waals surface area contributed by atoms with Gasteiger partial charge in [-0.3, -0.25) is 4.79 Å². The third-order valence-electron chi connectivity index (χ3n) is 4.92. The molecule has 4 aromatic rings. The van der Waals surface area contributed by atoms with Crippen molar-refractivity contribution in [1.29, 1.82) is 0 Å². The zero-order valence-corrected chi connectivity index (χ0v) is 16.4. The molecule has 0 saturated carbocycles. The molecule has 3 N–H and O–H groups in total. The van der Waals surface area contributed by atoms with E-state index < -0.39 is 17.6 Å². The smallest absolute Gasteiger partial charge is 0.383 e. The van der Waals surface area contributed by atoms with E-state index in [1.54, 1.807) is 18.2 Å². The van der Waals surface area contributed by atoms with Crippen molar-refractivity contribution in [2.24, 2.45) is 0 Å². The number of aromatic nitrogens is 2. The van der Waals surface area contributed by atoms with Gasteiger partial charge in [-0.2, -0.15) is 13.2 Å². The summed E-state index contributed by atoms with van der Waals surface area (Å²) >= 11 is 0. The lowest BCUT2D eigenvalue weighted by Gasteiger charge is -2.12. The van der Waals surface area contributed by atoms with Crippen LogP contribution in [-0.2, 0) is 6.18 Å². The molecule has 0 bridgehead atoms. The monoisotopic (exact) mass is 422 g/mol. The minimum atomic E-state index is -4.49. The summed E-state index contributed by atoms with van der Waals surface area (Å²) in [6, 6.07) is 15.2. The largest absolute Gasteiger partial charge is 0.416 e. The average molecular weight is 422 g/mol. The van der Waals surface area contributed by atoms with Gasteiger partial charge in [-0.1, -0.05) is 18.2 Å². The Balaban J connectivity index is 1.67. The van der Waals surface area contributed by atoms with Gasteiger partial charge in [0.1, 0.15) is 12.1 Å². The van der Waals surface area contributed by atoms with Crippen molar-refractivity contribution in [2.45, 2.75) is 13.1 Å². The van der Waals surface area contributed by atoms with Gasteiger partial charge >= 0.3 is 6.18 Å². The third-order valence-corrected chi connectivity index (χ3v) is 4.92. The number of alkyl halides is 3. The fourth-order valence-electron chi connectivity index (χ4n) is 3.29. The van der Waals surface area contributed by atoms with Gasteiger partial charge in [-0.05, 0) is 66.1 Å². The number of amides is 1. The molecule has 156 valence electrons. The van der Waals surface area contributed by atoms with Gasteiger partial charge in [0.05, 0.1) is 11.1 Å². The fourth-order valence-corrected chi connectivity index (χ4v) is 3.29. The second kappa shape index (κ2) is 7.71. The summed E-state index contributed by atoms with van der Waals surface area (Å²) in [4.78, 5) is 20.9. The first-order valence-electron chi connectivity index (χ1n) is 9.32. The first-order valence-corrected chi connectivity index (χ1v) is 9.32. The molecule has 8 heteroatoms. The number of fused-ring (bicyclic) bond motifs is 1. The van der Waals surface area contributed by atoms with Crippen LogP contribution < -0.4 is 11.1 Å². The highest BCUT2D eigenvalue weighted by atomic mass is 19.4. The number of halogens is 3. The van der Waals surface area contributed by atoms with Gasteiger partial charge in [-0.25, -0.2) is 9.97 Å². The molecular formula is C23H17F3N4O. The number of nitrogens with one attached hydrogen (secondary N) is 1. The molecule has 0 aliphatic heterocycles. The van der Waals surface area contributed by atoms with E-state index in [9.17, 15) is 18.0 Å². The van der Waals surface area contributed by atoms with Crippen molar-refractivity contribution < 1.29 is 18.0 Å². The van der Waals surface area contributed by atoms with E-state index in [-0.39, 0.29) is 5.69 Å². The highest BCUT2D eigenvalue weighted by Gasteiger charge is 2.30. The number of aryl methyl sites for hydroxylation is 1. The van der Waals surface area contributed by atoms with E-state index in [0.717, 1.165) is 28.8 Å². The highest BCUT2D eigenvalue weighted by Crippen LogP contribution is 2.31. The number of nitrogens with zero attached hydrogens (tertiary/aromatic N) is 2. The second-order valence-electron chi connectivity index (χ2n) is 7.05. The Morgan fingerprint density at radius 3 is 2.58 bits per heavy atom. The molecule has 0 unspecified atom stereocenters. The molecule has 0 spiro atoms. The molecule has 1 amide bonds. The minimum Gasteiger partial charge on any atom is -0.383 e. The topological polar surface area (TPSA) is 80.9 Å². The number of carbonyl (C=O) groups excluding carboxylic acids is 1. The quantitative estimate of drug-likeness (QED) is 0.460. The molecule has 0 aliphatic rings. The van der Waals surface area contributed by atoms with Gasteiger partial charge in [0, 0.05) is 16.6 Å². The van der Waals surface area contributed by atoms with Crippen LogP contribution in [0, 0.1) is 6.92 Å². The third kappa shape index (κ3) is 4.18. The first-order chi connectivity index (χ1) is 14.7. The van der Waals surface area contributed by atoms with Crippen LogP contribution in [0.1, 0.15) is 21.5 Å². The van der Waals surface area contributed by atoms with Gasteiger partial charge in [0.25, 0.3) is 5.91 Å².